The lowest BCUT2D eigenvalue weighted by Gasteiger charge is -2.31. The summed E-state index contributed by atoms with van der Waals surface area (Å²) in [5.41, 5.74) is 6.91. The van der Waals surface area contributed by atoms with Crippen molar-refractivity contribution in [1.29, 1.82) is 0 Å². The molecule has 3 rings (SSSR count). The largest absolute Gasteiger partial charge is 0.383 e. The first kappa shape index (κ1) is 16.4. The van der Waals surface area contributed by atoms with Gasteiger partial charge in [-0.15, -0.1) is 0 Å². The molecular formula is C16H18BrN3O2S. The summed E-state index contributed by atoms with van der Waals surface area (Å²) < 4.78 is 27.5. The number of halogens is 1. The van der Waals surface area contributed by atoms with E-state index in [4.69, 9.17) is 5.73 Å². The number of aromatic nitrogens is 1. The maximum Gasteiger partial charge on any atom is 0.244 e. The van der Waals surface area contributed by atoms with Crippen LogP contribution in [0.25, 0.3) is 0 Å². The van der Waals surface area contributed by atoms with Crippen LogP contribution in [0.15, 0.2) is 52.0 Å². The molecule has 0 unspecified atom stereocenters. The molecule has 0 aliphatic carbocycles. The van der Waals surface area contributed by atoms with Crippen molar-refractivity contribution >= 4 is 31.8 Å². The number of hydrogen-bond donors (Lipinski definition) is 1. The fourth-order valence-electron chi connectivity index (χ4n) is 2.88. The Morgan fingerprint density at radius 1 is 1.17 bits per heavy atom. The molecule has 2 aromatic rings. The smallest absolute Gasteiger partial charge is 0.244 e. The summed E-state index contributed by atoms with van der Waals surface area (Å²) >= 11 is 3.23. The predicted molar refractivity (Wildman–Crippen MR) is 93.5 cm³/mol. The van der Waals surface area contributed by atoms with Crippen molar-refractivity contribution in [3.63, 3.8) is 0 Å². The Balaban J connectivity index is 1.75. The van der Waals surface area contributed by atoms with E-state index in [9.17, 15) is 8.42 Å². The molecule has 7 heteroatoms. The van der Waals surface area contributed by atoms with E-state index < -0.39 is 10.0 Å². The second-order valence-corrected chi connectivity index (χ2v) is 8.42. The summed E-state index contributed by atoms with van der Waals surface area (Å²) in [5.74, 6) is 0.700. The molecule has 122 valence electrons. The molecule has 1 aromatic carbocycles. The van der Waals surface area contributed by atoms with E-state index in [0.717, 1.165) is 12.8 Å². The normalized spacial score (nSPS) is 17.3. The van der Waals surface area contributed by atoms with Gasteiger partial charge in [0.2, 0.25) is 10.0 Å². The number of nitrogens with two attached hydrogens (primary N) is 1. The van der Waals surface area contributed by atoms with Gasteiger partial charge in [-0.05, 0) is 46.3 Å². The van der Waals surface area contributed by atoms with Gasteiger partial charge in [-0.2, -0.15) is 4.31 Å². The third kappa shape index (κ3) is 3.41. The molecule has 2 N–H and O–H groups in total. The minimum Gasteiger partial charge on any atom is -0.383 e. The van der Waals surface area contributed by atoms with Gasteiger partial charge in [0.05, 0.1) is 4.47 Å². The van der Waals surface area contributed by atoms with Gasteiger partial charge in [-0.25, -0.2) is 13.4 Å². The molecule has 0 spiro atoms. The van der Waals surface area contributed by atoms with Gasteiger partial charge >= 0.3 is 0 Å². The average Bonchev–Trinajstić information content (AvgIpc) is 2.58. The van der Waals surface area contributed by atoms with E-state index in [0.29, 0.717) is 23.5 Å². The van der Waals surface area contributed by atoms with Crippen LogP contribution in [-0.2, 0) is 10.0 Å². The zero-order valence-corrected chi connectivity index (χ0v) is 14.9. The molecule has 1 aliphatic heterocycles. The summed E-state index contributed by atoms with van der Waals surface area (Å²) in [6.07, 6.45) is 2.97. The number of piperidine rings is 1. The summed E-state index contributed by atoms with van der Waals surface area (Å²) in [5, 5.41) is 0. The van der Waals surface area contributed by atoms with Crippen molar-refractivity contribution in [2.45, 2.75) is 23.7 Å². The predicted octanol–water partition coefficient (Wildman–Crippen LogP) is 2.99. The van der Waals surface area contributed by atoms with Crippen molar-refractivity contribution in [3.8, 4) is 0 Å². The highest BCUT2D eigenvalue weighted by Crippen LogP contribution is 2.31. The van der Waals surface area contributed by atoms with E-state index in [-0.39, 0.29) is 10.7 Å². The Bertz CT molecular complexity index is 788. The third-order valence-electron chi connectivity index (χ3n) is 4.21. The Hall–Kier alpha value is -1.44. The van der Waals surface area contributed by atoms with Crippen LogP contribution in [0.5, 0.6) is 0 Å². The van der Waals surface area contributed by atoms with Crippen LogP contribution in [0, 0.1) is 0 Å². The molecule has 0 saturated carbocycles. The lowest BCUT2D eigenvalue weighted by atomic mass is 9.90. The number of sulfonamides is 1. The van der Waals surface area contributed by atoms with Crippen LogP contribution in [-0.4, -0.2) is 30.8 Å². The van der Waals surface area contributed by atoms with E-state index in [2.05, 4.69) is 33.0 Å². The second kappa shape index (κ2) is 6.59. The lowest BCUT2D eigenvalue weighted by molar-refractivity contribution is 0.319. The molecule has 0 radical (unpaired) electrons. The van der Waals surface area contributed by atoms with Gasteiger partial charge in [0.25, 0.3) is 0 Å². The first-order valence-corrected chi connectivity index (χ1v) is 9.68. The van der Waals surface area contributed by atoms with Crippen LogP contribution >= 0.6 is 15.9 Å². The quantitative estimate of drug-likeness (QED) is 0.866. The van der Waals surface area contributed by atoms with E-state index >= 15 is 0 Å². The monoisotopic (exact) mass is 395 g/mol. The van der Waals surface area contributed by atoms with Crippen molar-refractivity contribution in [2.75, 3.05) is 18.8 Å². The van der Waals surface area contributed by atoms with Crippen molar-refractivity contribution in [3.05, 3.63) is 52.6 Å². The summed E-state index contributed by atoms with van der Waals surface area (Å²) in [6.45, 7) is 1.04. The Labute approximate surface area is 144 Å². The zero-order valence-electron chi connectivity index (χ0n) is 12.5. The first-order chi connectivity index (χ1) is 11.0. The van der Waals surface area contributed by atoms with E-state index in [1.807, 2.05) is 18.2 Å². The summed E-state index contributed by atoms with van der Waals surface area (Å²) in [6, 6.07) is 11.8. The molecule has 1 aliphatic rings. The van der Waals surface area contributed by atoms with Crippen LogP contribution in [0.3, 0.4) is 0 Å². The number of pyridine rings is 1. The maximum atomic E-state index is 12.7. The van der Waals surface area contributed by atoms with Crippen molar-refractivity contribution in [2.24, 2.45) is 0 Å². The highest BCUT2D eigenvalue weighted by Gasteiger charge is 2.30. The molecule has 1 saturated heterocycles. The Morgan fingerprint density at radius 3 is 2.43 bits per heavy atom. The van der Waals surface area contributed by atoms with Crippen LogP contribution in [0.4, 0.5) is 5.82 Å². The summed E-state index contributed by atoms with van der Waals surface area (Å²) in [4.78, 5) is 4.10. The standard InChI is InChI=1S/C16H18BrN3O2S/c17-15-10-14(11-19-16(15)18)23(21,22)20-8-6-13(7-9-20)12-4-2-1-3-5-12/h1-5,10-11,13H,6-9H2,(H2,18,19). The van der Waals surface area contributed by atoms with Gasteiger partial charge in [0.15, 0.2) is 0 Å². The van der Waals surface area contributed by atoms with Crippen LogP contribution in [0.1, 0.15) is 24.3 Å². The number of nitrogen functional groups attached to an aromatic ring is 1. The fraction of sp³-hybridized carbons (Fsp3) is 0.312. The maximum absolute atomic E-state index is 12.7. The number of nitrogens with zero attached hydrogens (tertiary/aromatic N) is 2. The molecule has 0 amide bonds. The third-order valence-corrected chi connectivity index (χ3v) is 6.71. The van der Waals surface area contributed by atoms with Gasteiger partial charge in [-0.3, -0.25) is 0 Å². The molecule has 23 heavy (non-hydrogen) atoms. The molecular weight excluding hydrogens is 378 g/mol. The van der Waals surface area contributed by atoms with Gasteiger partial charge in [0.1, 0.15) is 10.7 Å². The van der Waals surface area contributed by atoms with Crippen LogP contribution in [0.2, 0.25) is 0 Å². The van der Waals surface area contributed by atoms with Gasteiger partial charge in [-0.1, -0.05) is 30.3 Å². The molecule has 0 atom stereocenters. The minimum absolute atomic E-state index is 0.178. The minimum atomic E-state index is -3.52. The topological polar surface area (TPSA) is 76.3 Å². The lowest BCUT2D eigenvalue weighted by Crippen LogP contribution is -2.37. The molecule has 0 bridgehead atoms. The number of anilines is 1. The molecule has 5 nitrogen and oxygen atoms in total. The van der Waals surface area contributed by atoms with Gasteiger partial charge in [0, 0.05) is 19.3 Å². The van der Waals surface area contributed by atoms with Crippen molar-refractivity contribution in [1.82, 2.24) is 9.29 Å². The number of rotatable bonds is 3. The SMILES string of the molecule is Nc1ncc(S(=O)(=O)N2CCC(c3ccccc3)CC2)cc1Br. The number of benzene rings is 1. The molecule has 1 aromatic heterocycles. The fourth-order valence-corrected chi connectivity index (χ4v) is 4.82. The second-order valence-electron chi connectivity index (χ2n) is 5.63. The zero-order chi connectivity index (χ0) is 16.4. The van der Waals surface area contributed by atoms with Gasteiger partial charge < -0.3 is 5.73 Å². The van der Waals surface area contributed by atoms with E-state index in [1.54, 1.807) is 0 Å². The Kier molecular flexibility index (Phi) is 4.70. The highest BCUT2D eigenvalue weighted by molar-refractivity contribution is 9.10. The van der Waals surface area contributed by atoms with Crippen LogP contribution < -0.4 is 5.73 Å². The molecule has 1 fully saturated rings. The average molecular weight is 396 g/mol. The Morgan fingerprint density at radius 2 is 1.83 bits per heavy atom. The first-order valence-electron chi connectivity index (χ1n) is 7.44. The summed E-state index contributed by atoms with van der Waals surface area (Å²) in [7, 11) is -3.52. The molecule has 2 heterocycles. The highest BCUT2D eigenvalue weighted by atomic mass is 79.9. The van der Waals surface area contributed by atoms with E-state index in [1.165, 1.54) is 22.1 Å². The van der Waals surface area contributed by atoms with Crippen molar-refractivity contribution < 1.29 is 8.42 Å². The number of hydrogen-bond acceptors (Lipinski definition) is 4.